The highest BCUT2D eigenvalue weighted by atomic mass is 32.1. The molecule has 0 aromatic carbocycles. The van der Waals surface area contributed by atoms with E-state index in [1.807, 2.05) is 11.6 Å². The van der Waals surface area contributed by atoms with Crippen LogP contribution in [-0.2, 0) is 13.0 Å². The summed E-state index contributed by atoms with van der Waals surface area (Å²) < 4.78 is 0. The van der Waals surface area contributed by atoms with Gasteiger partial charge in [0.2, 0.25) is 0 Å². The number of carbonyl (C=O) groups is 1. The summed E-state index contributed by atoms with van der Waals surface area (Å²) in [5, 5.41) is 2.13. The number of piperidine rings is 1. The van der Waals surface area contributed by atoms with Gasteiger partial charge >= 0.3 is 0 Å². The lowest BCUT2D eigenvalue weighted by atomic mass is 9.95. The second-order valence-corrected chi connectivity index (χ2v) is 8.74. The number of hydrogen-bond donors (Lipinski definition) is 0. The fourth-order valence-electron chi connectivity index (χ4n) is 3.93. The molecule has 0 unspecified atom stereocenters. The molecule has 0 radical (unpaired) electrons. The average Bonchev–Trinajstić information content (AvgIpc) is 3.20. The number of aryl methyl sites for hydroxylation is 1. The number of nitrogens with zero attached hydrogens (tertiary/aromatic N) is 3. The van der Waals surface area contributed by atoms with Gasteiger partial charge in [-0.1, -0.05) is 6.92 Å². The van der Waals surface area contributed by atoms with Gasteiger partial charge in [0.25, 0.3) is 5.91 Å². The summed E-state index contributed by atoms with van der Waals surface area (Å²) >= 11 is 3.32. The summed E-state index contributed by atoms with van der Waals surface area (Å²) in [5.41, 5.74) is 3.06. The monoisotopic (exact) mass is 361 g/mol. The standard InChI is InChI=1S/C18H23N3OS2/c1-2-16-5-6-17(24-16)18(22)21-8-13-3-4-15(21)10-20(7-13)9-14-11-23-12-19-14/h5-6,11-13,15H,2-4,7-10H2,1H3/t13-,15+/m0/s1. The third-order valence-corrected chi connectivity index (χ3v) is 6.99. The summed E-state index contributed by atoms with van der Waals surface area (Å²) in [7, 11) is 0. The van der Waals surface area contributed by atoms with Crippen molar-refractivity contribution in [1.82, 2.24) is 14.8 Å². The Labute approximate surface area is 151 Å². The molecule has 0 saturated carbocycles. The van der Waals surface area contributed by atoms with Gasteiger partial charge in [-0.15, -0.1) is 22.7 Å². The second kappa shape index (κ2) is 6.94. The first-order chi connectivity index (χ1) is 11.7. The van der Waals surface area contributed by atoms with Crippen LogP contribution in [0.4, 0.5) is 0 Å². The molecule has 2 aromatic rings. The van der Waals surface area contributed by atoms with Gasteiger partial charge < -0.3 is 4.90 Å². The molecule has 1 amide bonds. The van der Waals surface area contributed by atoms with Crippen LogP contribution in [0.3, 0.4) is 0 Å². The van der Waals surface area contributed by atoms with Crippen molar-refractivity contribution in [3.8, 4) is 0 Å². The Balaban J connectivity index is 1.49. The quantitative estimate of drug-likeness (QED) is 0.836. The van der Waals surface area contributed by atoms with E-state index in [9.17, 15) is 4.79 Å². The van der Waals surface area contributed by atoms with Crippen molar-refractivity contribution in [2.24, 2.45) is 5.92 Å². The zero-order chi connectivity index (χ0) is 16.5. The van der Waals surface area contributed by atoms with Crippen LogP contribution in [-0.4, -0.2) is 46.4 Å². The normalized spacial score (nSPS) is 24.3. The fourth-order valence-corrected chi connectivity index (χ4v) is 5.38. The lowest BCUT2D eigenvalue weighted by Crippen LogP contribution is -2.47. The molecule has 3 saturated heterocycles. The molecule has 6 heteroatoms. The van der Waals surface area contributed by atoms with Gasteiger partial charge in [-0.3, -0.25) is 9.69 Å². The topological polar surface area (TPSA) is 36.4 Å². The van der Waals surface area contributed by atoms with E-state index in [1.165, 1.54) is 11.3 Å². The molecule has 5 rings (SSSR count). The van der Waals surface area contributed by atoms with Crippen LogP contribution in [0.5, 0.6) is 0 Å². The van der Waals surface area contributed by atoms with Gasteiger partial charge in [-0.05, 0) is 37.3 Å². The lowest BCUT2D eigenvalue weighted by molar-refractivity contribution is 0.0590. The molecule has 128 valence electrons. The van der Waals surface area contributed by atoms with Gasteiger partial charge in [0, 0.05) is 42.5 Å². The van der Waals surface area contributed by atoms with Gasteiger partial charge in [0.1, 0.15) is 0 Å². The van der Waals surface area contributed by atoms with Crippen LogP contribution < -0.4 is 0 Å². The van der Waals surface area contributed by atoms with E-state index >= 15 is 0 Å². The maximum atomic E-state index is 13.0. The van der Waals surface area contributed by atoms with E-state index in [2.05, 4.69) is 33.2 Å². The summed E-state index contributed by atoms with van der Waals surface area (Å²) in [6, 6.07) is 4.46. The summed E-state index contributed by atoms with van der Waals surface area (Å²) in [4.78, 5) is 24.3. The highest BCUT2D eigenvalue weighted by Gasteiger charge is 2.37. The van der Waals surface area contributed by atoms with E-state index < -0.39 is 0 Å². The fraction of sp³-hybridized carbons (Fsp3) is 0.556. The molecule has 0 aliphatic carbocycles. The van der Waals surface area contributed by atoms with Crippen LogP contribution in [0, 0.1) is 5.92 Å². The number of amides is 1. The minimum atomic E-state index is 0.241. The summed E-state index contributed by atoms with van der Waals surface area (Å²) in [5.74, 6) is 0.835. The van der Waals surface area contributed by atoms with Crippen molar-refractivity contribution in [1.29, 1.82) is 0 Å². The predicted molar refractivity (Wildman–Crippen MR) is 98.6 cm³/mol. The highest BCUT2D eigenvalue weighted by molar-refractivity contribution is 7.14. The Kier molecular flexibility index (Phi) is 4.70. The maximum absolute atomic E-state index is 13.0. The Morgan fingerprint density at radius 2 is 2.21 bits per heavy atom. The number of fused-ring (bicyclic) bond motifs is 4. The minimum Gasteiger partial charge on any atom is -0.333 e. The zero-order valence-corrected chi connectivity index (χ0v) is 15.6. The van der Waals surface area contributed by atoms with Crippen molar-refractivity contribution in [3.63, 3.8) is 0 Å². The largest absolute Gasteiger partial charge is 0.333 e. The minimum absolute atomic E-state index is 0.241. The molecule has 3 aliphatic heterocycles. The Morgan fingerprint density at radius 3 is 2.96 bits per heavy atom. The average molecular weight is 362 g/mol. The first kappa shape index (κ1) is 16.2. The molecule has 0 spiro atoms. The van der Waals surface area contributed by atoms with Crippen LogP contribution in [0.25, 0.3) is 0 Å². The molecule has 2 atom stereocenters. The molecule has 5 heterocycles. The third-order valence-electron chi connectivity index (χ3n) is 5.14. The number of aromatic nitrogens is 1. The number of thiophene rings is 1. The molecule has 2 aromatic heterocycles. The molecule has 4 nitrogen and oxygen atoms in total. The summed E-state index contributed by atoms with van der Waals surface area (Å²) in [6.07, 6.45) is 3.38. The molecule has 3 aliphatic rings. The number of carbonyl (C=O) groups excluding carboxylic acids is 1. The molecule has 3 fully saturated rings. The van der Waals surface area contributed by atoms with Gasteiger partial charge in [-0.25, -0.2) is 4.98 Å². The van der Waals surface area contributed by atoms with Gasteiger partial charge in [0.05, 0.1) is 16.1 Å². The molecule has 24 heavy (non-hydrogen) atoms. The Hall–Kier alpha value is -1.24. The van der Waals surface area contributed by atoms with Crippen molar-refractivity contribution in [3.05, 3.63) is 38.5 Å². The first-order valence-corrected chi connectivity index (χ1v) is 10.5. The van der Waals surface area contributed by atoms with E-state index in [0.29, 0.717) is 12.0 Å². The van der Waals surface area contributed by atoms with E-state index in [-0.39, 0.29) is 5.91 Å². The van der Waals surface area contributed by atoms with Crippen molar-refractivity contribution in [2.75, 3.05) is 19.6 Å². The Bertz CT molecular complexity index is 697. The molecule has 0 N–H and O–H groups in total. The van der Waals surface area contributed by atoms with Crippen LogP contribution in [0.15, 0.2) is 23.0 Å². The number of thiazole rings is 1. The number of hydrogen-bond acceptors (Lipinski definition) is 5. The molecule has 2 bridgehead atoms. The first-order valence-electron chi connectivity index (χ1n) is 8.72. The Morgan fingerprint density at radius 1 is 1.29 bits per heavy atom. The van der Waals surface area contributed by atoms with Crippen molar-refractivity contribution in [2.45, 2.75) is 38.8 Å². The number of rotatable bonds is 4. The molecular formula is C18H23N3OS2. The third kappa shape index (κ3) is 3.27. The second-order valence-electron chi connectivity index (χ2n) is 6.85. The highest BCUT2D eigenvalue weighted by Crippen LogP contribution is 2.31. The maximum Gasteiger partial charge on any atom is 0.264 e. The lowest BCUT2D eigenvalue weighted by Gasteiger charge is -2.36. The summed E-state index contributed by atoms with van der Waals surface area (Å²) in [6.45, 7) is 6.03. The SMILES string of the molecule is CCc1ccc(C(=O)N2C[C@H]3CC[C@@H]2CN(Cc2cscn2)C3)s1. The smallest absolute Gasteiger partial charge is 0.264 e. The van der Waals surface area contributed by atoms with E-state index in [4.69, 9.17) is 0 Å². The van der Waals surface area contributed by atoms with Gasteiger partial charge in [-0.2, -0.15) is 0 Å². The van der Waals surface area contributed by atoms with E-state index in [0.717, 1.165) is 49.6 Å². The van der Waals surface area contributed by atoms with Crippen LogP contribution in [0.1, 0.15) is 40.0 Å². The van der Waals surface area contributed by atoms with E-state index in [1.54, 1.807) is 22.7 Å². The predicted octanol–water partition coefficient (Wildman–Crippen LogP) is 3.50. The zero-order valence-electron chi connectivity index (χ0n) is 14.0. The van der Waals surface area contributed by atoms with Crippen molar-refractivity contribution >= 4 is 28.6 Å². The van der Waals surface area contributed by atoms with Crippen LogP contribution in [0.2, 0.25) is 0 Å². The van der Waals surface area contributed by atoms with Gasteiger partial charge in [0.15, 0.2) is 0 Å². The molecular weight excluding hydrogens is 338 g/mol. The van der Waals surface area contributed by atoms with Crippen molar-refractivity contribution < 1.29 is 4.79 Å². The van der Waals surface area contributed by atoms with Crippen LogP contribution >= 0.6 is 22.7 Å².